The van der Waals surface area contributed by atoms with Gasteiger partial charge in [-0.2, -0.15) is 0 Å². The van der Waals surface area contributed by atoms with E-state index in [1.165, 1.54) is 29.1 Å². The Kier molecular flexibility index (Phi) is 8.31. The highest BCUT2D eigenvalue weighted by atomic mass is 32.2. The third kappa shape index (κ3) is 5.56. The first-order chi connectivity index (χ1) is 17.7. The number of nitrogen functional groups attached to an aromatic ring is 1. The molecule has 5 atom stereocenters. The van der Waals surface area contributed by atoms with Crippen molar-refractivity contribution in [2.75, 3.05) is 31.3 Å². The summed E-state index contributed by atoms with van der Waals surface area (Å²) in [6.07, 6.45) is -4.69. The molecule has 37 heavy (non-hydrogen) atoms. The monoisotopic (exact) mass is 537 g/mol. The zero-order chi connectivity index (χ0) is 26.7. The van der Waals surface area contributed by atoms with Gasteiger partial charge >= 0.3 is 5.97 Å². The molecular weight excluding hydrogens is 510 g/mol. The second kappa shape index (κ2) is 11.5. The molecular formula is C22H27N5O9S. The van der Waals surface area contributed by atoms with Gasteiger partial charge in [0.15, 0.2) is 39.9 Å². The van der Waals surface area contributed by atoms with Crippen LogP contribution in [0.25, 0.3) is 11.2 Å². The summed E-state index contributed by atoms with van der Waals surface area (Å²) in [6.45, 7) is 1.16. The average molecular weight is 538 g/mol. The highest BCUT2D eigenvalue weighted by Crippen LogP contribution is 2.36. The number of carbonyl (C=O) groups excluding carboxylic acids is 1. The number of fused-ring (bicyclic) bond motifs is 1. The summed E-state index contributed by atoms with van der Waals surface area (Å²) < 4.78 is 17.4. The molecule has 0 bridgehead atoms. The van der Waals surface area contributed by atoms with Crippen molar-refractivity contribution in [3.8, 4) is 11.5 Å². The van der Waals surface area contributed by atoms with Crippen LogP contribution in [0.5, 0.6) is 11.5 Å². The van der Waals surface area contributed by atoms with E-state index in [-0.39, 0.29) is 58.2 Å². The second-order valence-electron chi connectivity index (χ2n) is 8.10. The first kappa shape index (κ1) is 26.8. The molecule has 1 aliphatic rings. The smallest absolute Gasteiger partial charge is 0.338 e. The number of benzene rings is 1. The number of imidazole rings is 1. The van der Waals surface area contributed by atoms with Crippen molar-refractivity contribution >= 4 is 34.7 Å². The predicted molar refractivity (Wildman–Crippen MR) is 129 cm³/mol. The molecule has 0 saturated carbocycles. The van der Waals surface area contributed by atoms with Gasteiger partial charge in [0.05, 0.1) is 24.9 Å². The molecule has 1 fully saturated rings. The van der Waals surface area contributed by atoms with E-state index in [2.05, 4.69) is 15.0 Å². The Balaban J connectivity index is 1.46. The van der Waals surface area contributed by atoms with Crippen molar-refractivity contribution < 1.29 is 44.5 Å². The molecule has 0 aliphatic carbocycles. The van der Waals surface area contributed by atoms with Gasteiger partial charge in [0.1, 0.15) is 31.2 Å². The number of rotatable bonds is 10. The quantitative estimate of drug-likeness (QED) is 0.141. The van der Waals surface area contributed by atoms with Crippen molar-refractivity contribution in [1.82, 2.24) is 19.5 Å². The first-order valence-corrected chi connectivity index (χ1v) is 12.3. The zero-order valence-corrected chi connectivity index (χ0v) is 20.5. The number of nitrogens with zero attached hydrogens (tertiary/aromatic N) is 4. The Morgan fingerprint density at radius 3 is 2.76 bits per heavy atom. The van der Waals surface area contributed by atoms with Gasteiger partial charge in [-0.15, -0.1) is 0 Å². The van der Waals surface area contributed by atoms with Gasteiger partial charge in [0.25, 0.3) is 0 Å². The van der Waals surface area contributed by atoms with E-state index in [4.69, 9.17) is 19.9 Å². The Bertz CT molecular complexity index is 1260. The summed E-state index contributed by atoms with van der Waals surface area (Å²) >= 11 is 1.08. The molecule has 15 heteroatoms. The number of anilines is 1. The van der Waals surface area contributed by atoms with Crippen LogP contribution in [0.3, 0.4) is 0 Å². The molecule has 1 unspecified atom stereocenters. The molecule has 3 heterocycles. The number of aromatic hydroxyl groups is 1. The van der Waals surface area contributed by atoms with Gasteiger partial charge in [0, 0.05) is 5.75 Å². The van der Waals surface area contributed by atoms with E-state index < -0.39 is 43.2 Å². The van der Waals surface area contributed by atoms with Crippen LogP contribution in [-0.4, -0.2) is 101 Å². The molecule has 1 aromatic carbocycles. The number of hydrogen-bond donors (Lipinski definition) is 6. The standard InChI is InChI=1S/C22H27N5O9S/c1-2-34-21(33)10-3-4-13(12(30)5-10)35-7-11(29)8-37-22-26-15-18(23)24-9-25-19(15)27(22)20-17(32)16(31)14(6-28)36-20/h3-5,9,11,14,16-17,20,28-32H,2,6-8H2,1H3,(H2,23,24,25)/t11?,14-,16-,17-,20-/m1/s1. The number of aliphatic hydroxyl groups is 4. The van der Waals surface area contributed by atoms with Crippen LogP contribution >= 0.6 is 11.8 Å². The summed E-state index contributed by atoms with van der Waals surface area (Å²) in [5.74, 6) is -0.650. The van der Waals surface area contributed by atoms with E-state index in [0.29, 0.717) is 0 Å². The van der Waals surface area contributed by atoms with E-state index in [9.17, 15) is 30.3 Å². The number of aromatic nitrogens is 4. The van der Waals surface area contributed by atoms with Crippen molar-refractivity contribution in [3.05, 3.63) is 30.1 Å². The van der Waals surface area contributed by atoms with Gasteiger partial charge in [-0.05, 0) is 25.1 Å². The van der Waals surface area contributed by atoms with Gasteiger partial charge in [-0.25, -0.2) is 19.7 Å². The summed E-state index contributed by atoms with van der Waals surface area (Å²) in [5.41, 5.74) is 6.57. The van der Waals surface area contributed by atoms with Crippen LogP contribution in [0.2, 0.25) is 0 Å². The molecule has 0 amide bonds. The minimum atomic E-state index is -1.39. The van der Waals surface area contributed by atoms with Gasteiger partial charge in [-0.3, -0.25) is 4.57 Å². The molecule has 1 aliphatic heterocycles. The average Bonchev–Trinajstić information content (AvgIpc) is 3.39. The normalized spacial score (nSPS) is 22.3. The van der Waals surface area contributed by atoms with Crippen molar-refractivity contribution in [3.63, 3.8) is 0 Å². The maximum atomic E-state index is 11.8. The predicted octanol–water partition coefficient (Wildman–Crippen LogP) is -0.566. The summed E-state index contributed by atoms with van der Waals surface area (Å²) in [5, 5.41) is 51.1. The van der Waals surface area contributed by atoms with Crippen LogP contribution in [0, 0.1) is 0 Å². The van der Waals surface area contributed by atoms with E-state index in [1.807, 2.05) is 0 Å². The van der Waals surface area contributed by atoms with Gasteiger partial charge < -0.3 is 45.5 Å². The van der Waals surface area contributed by atoms with E-state index in [1.54, 1.807) is 6.92 Å². The molecule has 7 N–H and O–H groups in total. The number of hydrogen-bond acceptors (Lipinski definition) is 14. The van der Waals surface area contributed by atoms with Crippen LogP contribution in [-0.2, 0) is 9.47 Å². The molecule has 1 saturated heterocycles. The van der Waals surface area contributed by atoms with Crippen molar-refractivity contribution in [2.24, 2.45) is 0 Å². The summed E-state index contributed by atoms with van der Waals surface area (Å²) in [6, 6.07) is 4.04. The number of carbonyl (C=O) groups is 1. The van der Waals surface area contributed by atoms with Crippen molar-refractivity contribution in [1.29, 1.82) is 0 Å². The molecule has 14 nitrogen and oxygen atoms in total. The lowest BCUT2D eigenvalue weighted by Gasteiger charge is -2.19. The highest BCUT2D eigenvalue weighted by molar-refractivity contribution is 7.99. The van der Waals surface area contributed by atoms with Crippen LogP contribution in [0.4, 0.5) is 5.82 Å². The van der Waals surface area contributed by atoms with E-state index >= 15 is 0 Å². The molecule has 200 valence electrons. The Hall–Kier alpha value is -3.21. The number of phenolic OH excluding ortho intramolecular Hbond substituents is 1. The second-order valence-corrected chi connectivity index (χ2v) is 9.09. The zero-order valence-electron chi connectivity index (χ0n) is 19.7. The Labute approximate surface area is 214 Å². The minimum Gasteiger partial charge on any atom is -0.504 e. The van der Waals surface area contributed by atoms with E-state index in [0.717, 1.165) is 11.8 Å². The Morgan fingerprint density at radius 1 is 1.30 bits per heavy atom. The lowest BCUT2D eigenvalue weighted by Crippen LogP contribution is -2.33. The third-order valence-corrected chi connectivity index (χ3v) is 6.65. The minimum absolute atomic E-state index is 0.0626. The van der Waals surface area contributed by atoms with Crippen LogP contribution in [0.1, 0.15) is 23.5 Å². The molecule has 0 spiro atoms. The maximum absolute atomic E-state index is 11.8. The fraction of sp³-hybridized carbons (Fsp3) is 0.455. The van der Waals surface area contributed by atoms with Crippen molar-refractivity contribution in [2.45, 2.75) is 42.7 Å². The third-order valence-electron chi connectivity index (χ3n) is 5.55. The Morgan fingerprint density at radius 2 is 2.08 bits per heavy atom. The maximum Gasteiger partial charge on any atom is 0.338 e. The number of thioether (sulfide) groups is 1. The molecule has 0 radical (unpaired) electrons. The number of nitrogens with two attached hydrogens (primary N) is 1. The largest absolute Gasteiger partial charge is 0.504 e. The lowest BCUT2D eigenvalue weighted by molar-refractivity contribution is -0.0548. The van der Waals surface area contributed by atoms with Gasteiger partial charge in [-0.1, -0.05) is 11.8 Å². The van der Waals surface area contributed by atoms with Crippen LogP contribution in [0.15, 0.2) is 29.7 Å². The number of esters is 1. The lowest BCUT2D eigenvalue weighted by atomic mass is 10.1. The van der Waals surface area contributed by atoms with Gasteiger partial charge in [0.2, 0.25) is 0 Å². The number of aliphatic hydroxyl groups excluding tert-OH is 4. The summed E-state index contributed by atoms with van der Waals surface area (Å²) in [4.78, 5) is 24.3. The fourth-order valence-corrected chi connectivity index (χ4v) is 4.64. The topological polar surface area (TPSA) is 216 Å². The first-order valence-electron chi connectivity index (χ1n) is 11.3. The highest BCUT2D eigenvalue weighted by Gasteiger charge is 2.45. The molecule has 3 aromatic rings. The fourth-order valence-electron chi connectivity index (χ4n) is 3.72. The number of phenols is 1. The SMILES string of the molecule is CCOC(=O)c1ccc(OCC(O)CSc2nc3c(N)ncnc3n2[C@@H]2O[C@H](CO)[C@@H](O)[C@H]2O)c(O)c1. The molecule has 4 rings (SSSR count). The summed E-state index contributed by atoms with van der Waals surface area (Å²) in [7, 11) is 0. The molecule has 2 aromatic heterocycles. The van der Waals surface area contributed by atoms with Crippen LogP contribution < -0.4 is 10.5 Å². The number of ether oxygens (including phenoxy) is 3.